The summed E-state index contributed by atoms with van der Waals surface area (Å²) in [6.07, 6.45) is 15.2. The van der Waals surface area contributed by atoms with Crippen LogP contribution in [0.25, 0.3) is 0 Å². The minimum absolute atomic E-state index is 0.0224. The van der Waals surface area contributed by atoms with Gasteiger partial charge in [0.1, 0.15) is 0 Å². The van der Waals surface area contributed by atoms with Gasteiger partial charge in [-0.25, -0.2) is 4.18 Å². The first-order valence-electron chi connectivity index (χ1n) is 19.1. The summed E-state index contributed by atoms with van der Waals surface area (Å²) in [6.45, 7) is 14.9. The van der Waals surface area contributed by atoms with E-state index in [1.807, 2.05) is 13.8 Å². The van der Waals surface area contributed by atoms with Crippen molar-refractivity contribution >= 4 is 10.4 Å². The maximum absolute atomic E-state index is 11.7. The number of hydrogen-bond donors (Lipinski definition) is 6. The Kier molecular flexibility index (Phi) is 15.1. The molecule has 0 aliphatic heterocycles. The van der Waals surface area contributed by atoms with Gasteiger partial charge in [-0.3, -0.25) is 4.55 Å². The van der Waals surface area contributed by atoms with Crippen LogP contribution in [0.5, 0.6) is 0 Å². The molecule has 9 nitrogen and oxygen atoms in total. The highest BCUT2D eigenvalue weighted by Crippen LogP contribution is 2.64. The molecule has 4 saturated carbocycles. The second kappa shape index (κ2) is 18.1. The van der Waals surface area contributed by atoms with Crippen molar-refractivity contribution in [2.45, 2.75) is 136 Å². The smallest absolute Gasteiger partial charge is 0.393 e. The summed E-state index contributed by atoms with van der Waals surface area (Å²) >= 11 is 0. The van der Waals surface area contributed by atoms with Crippen LogP contribution in [0.3, 0.4) is 0 Å². The van der Waals surface area contributed by atoms with Gasteiger partial charge in [0.2, 0.25) is 0 Å². The zero-order valence-corrected chi connectivity index (χ0v) is 30.4. The van der Waals surface area contributed by atoms with E-state index in [0.29, 0.717) is 59.3 Å². The Balaban J connectivity index is 1.19. The van der Waals surface area contributed by atoms with Gasteiger partial charge in [-0.15, -0.1) is 0 Å². The molecule has 4 rings (SSSR count). The lowest BCUT2D eigenvalue weighted by Gasteiger charge is -2.60. The second-order valence-electron chi connectivity index (χ2n) is 16.3. The Bertz CT molecular complexity index is 1000. The molecule has 0 amide bonds. The molecule has 0 radical (unpaired) electrons. The number of nitrogens with two attached hydrogens (primary N) is 1. The zero-order chi connectivity index (χ0) is 33.3. The summed E-state index contributed by atoms with van der Waals surface area (Å²) in [5.74, 6) is 4.07. The Morgan fingerprint density at radius 2 is 1.54 bits per heavy atom. The standard InChI is InChI=1S/C36H70N4O5S/c1-25(2)34(45-46(42,43)44)14-9-26(3)29-10-11-31-30(29)12-13-32-35(31)33(41)24-27-23-28(15-16-36(27,32)4)40-22-8-21-39-19-6-5-18-38-20-7-17-37/h25-35,38-41H,5-24,37H2,1-4H3,(H,42,43,44). The quantitative estimate of drug-likeness (QED) is 0.0766. The van der Waals surface area contributed by atoms with Crippen LogP contribution in [0.1, 0.15) is 118 Å². The van der Waals surface area contributed by atoms with Gasteiger partial charge in [0.25, 0.3) is 0 Å². The molecule has 0 heterocycles. The minimum Gasteiger partial charge on any atom is -0.393 e. The molecular weight excluding hydrogens is 600 g/mol. The predicted molar refractivity (Wildman–Crippen MR) is 187 cm³/mol. The van der Waals surface area contributed by atoms with E-state index in [4.69, 9.17) is 9.92 Å². The molecule has 46 heavy (non-hydrogen) atoms. The van der Waals surface area contributed by atoms with Gasteiger partial charge in [-0.2, -0.15) is 8.42 Å². The maximum atomic E-state index is 11.7. The highest BCUT2D eigenvalue weighted by Gasteiger charge is 2.59. The van der Waals surface area contributed by atoms with Crippen molar-refractivity contribution < 1.29 is 22.3 Å². The molecule has 0 aromatic heterocycles. The average Bonchev–Trinajstić information content (AvgIpc) is 3.44. The number of aliphatic hydroxyl groups is 1. The number of fused-ring (bicyclic) bond motifs is 5. The van der Waals surface area contributed by atoms with Gasteiger partial charge in [0.05, 0.1) is 12.2 Å². The van der Waals surface area contributed by atoms with Crippen LogP contribution in [0.4, 0.5) is 0 Å². The van der Waals surface area contributed by atoms with Gasteiger partial charge in [-0.05, 0) is 182 Å². The van der Waals surface area contributed by atoms with Crippen molar-refractivity contribution in [3.8, 4) is 0 Å². The van der Waals surface area contributed by atoms with Crippen molar-refractivity contribution in [2.24, 2.45) is 58.5 Å². The first kappa shape index (κ1) is 38.5. The Morgan fingerprint density at radius 1 is 0.870 bits per heavy atom. The molecule has 4 fully saturated rings. The van der Waals surface area contributed by atoms with E-state index < -0.39 is 16.5 Å². The molecule has 11 atom stereocenters. The van der Waals surface area contributed by atoms with E-state index in [2.05, 4.69) is 29.8 Å². The fourth-order valence-electron chi connectivity index (χ4n) is 10.6. The third-order valence-electron chi connectivity index (χ3n) is 13.2. The molecule has 0 aromatic carbocycles. The van der Waals surface area contributed by atoms with Gasteiger partial charge in [0.15, 0.2) is 0 Å². The third kappa shape index (κ3) is 10.3. The first-order valence-corrected chi connectivity index (χ1v) is 20.5. The molecule has 0 aromatic rings. The van der Waals surface area contributed by atoms with Crippen LogP contribution in [0.15, 0.2) is 0 Å². The highest BCUT2D eigenvalue weighted by atomic mass is 32.3. The number of hydrogen-bond acceptors (Lipinski definition) is 8. The summed E-state index contributed by atoms with van der Waals surface area (Å²) in [6, 6.07) is 0.578. The van der Waals surface area contributed by atoms with Gasteiger partial charge < -0.3 is 26.8 Å². The van der Waals surface area contributed by atoms with Gasteiger partial charge in [-0.1, -0.05) is 27.7 Å². The molecular formula is C36H70N4O5S. The van der Waals surface area contributed by atoms with E-state index in [1.54, 1.807) is 0 Å². The summed E-state index contributed by atoms with van der Waals surface area (Å²) in [5, 5.41) is 22.7. The van der Waals surface area contributed by atoms with Crippen molar-refractivity contribution in [1.82, 2.24) is 16.0 Å². The normalized spacial score (nSPS) is 35.8. The lowest BCUT2D eigenvalue weighted by molar-refractivity contribution is -0.149. The van der Waals surface area contributed by atoms with E-state index in [1.165, 1.54) is 57.8 Å². The van der Waals surface area contributed by atoms with Crippen LogP contribution >= 0.6 is 0 Å². The van der Waals surface area contributed by atoms with Crippen LogP contribution in [0.2, 0.25) is 0 Å². The summed E-state index contributed by atoms with van der Waals surface area (Å²) < 4.78 is 37.0. The number of rotatable bonds is 20. The van der Waals surface area contributed by atoms with E-state index in [0.717, 1.165) is 65.0 Å². The number of nitrogens with one attached hydrogen (secondary N) is 3. The van der Waals surface area contributed by atoms with Crippen LogP contribution in [0, 0.1) is 52.8 Å². The lowest BCUT2D eigenvalue weighted by atomic mass is 9.46. The minimum atomic E-state index is -4.45. The Hall–Kier alpha value is -0.330. The topological polar surface area (TPSA) is 146 Å². The molecule has 4 aliphatic carbocycles. The van der Waals surface area contributed by atoms with Crippen molar-refractivity contribution in [1.29, 1.82) is 0 Å². The molecule has 0 bridgehead atoms. The predicted octanol–water partition coefficient (Wildman–Crippen LogP) is 5.14. The van der Waals surface area contributed by atoms with Crippen molar-refractivity contribution in [3.63, 3.8) is 0 Å². The number of unbranched alkanes of at least 4 members (excludes halogenated alkanes) is 1. The summed E-state index contributed by atoms with van der Waals surface area (Å²) in [7, 11) is -4.45. The van der Waals surface area contributed by atoms with E-state index in [-0.39, 0.29) is 12.0 Å². The molecule has 270 valence electrons. The molecule has 0 spiro atoms. The molecule has 7 N–H and O–H groups in total. The molecule has 11 unspecified atom stereocenters. The maximum Gasteiger partial charge on any atom is 0.397 e. The fraction of sp³-hybridized carbons (Fsp3) is 1.00. The fourth-order valence-corrected chi connectivity index (χ4v) is 11.3. The summed E-state index contributed by atoms with van der Waals surface area (Å²) in [5.41, 5.74) is 5.88. The van der Waals surface area contributed by atoms with Crippen LogP contribution < -0.4 is 21.7 Å². The van der Waals surface area contributed by atoms with Crippen LogP contribution in [-0.4, -0.2) is 75.6 Å². The van der Waals surface area contributed by atoms with Gasteiger partial charge >= 0.3 is 10.4 Å². The van der Waals surface area contributed by atoms with E-state index in [9.17, 15) is 18.1 Å². The second-order valence-corrected chi connectivity index (χ2v) is 17.4. The summed E-state index contributed by atoms with van der Waals surface area (Å²) in [4.78, 5) is 0. The van der Waals surface area contributed by atoms with Crippen LogP contribution in [-0.2, 0) is 14.6 Å². The highest BCUT2D eigenvalue weighted by molar-refractivity contribution is 7.80. The number of aliphatic hydroxyl groups excluding tert-OH is 1. The Morgan fingerprint density at radius 3 is 2.22 bits per heavy atom. The third-order valence-corrected chi connectivity index (χ3v) is 13.6. The SMILES string of the molecule is CC(C)C(CCC(C)C1CCC2C1CCC1C2C(O)CC2CC(NCCCNCCCCNCCCN)CCC21C)OS(=O)(=O)O. The van der Waals surface area contributed by atoms with Gasteiger partial charge in [0, 0.05) is 6.04 Å². The molecule has 4 aliphatic rings. The van der Waals surface area contributed by atoms with E-state index >= 15 is 0 Å². The van der Waals surface area contributed by atoms with Crippen molar-refractivity contribution in [3.05, 3.63) is 0 Å². The largest absolute Gasteiger partial charge is 0.397 e. The van der Waals surface area contributed by atoms with Crippen molar-refractivity contribution in [2.75, 3.05) is 39.3 Å². The Labute approximate surface area is 281 Å². The average molecular weight is 671 g/mol. The molecule has 10 heteroatoms. The first-order chi connectivity index (χ1) is 21.9. The monoisotopic (exact) mass is 671 g/mol. The molecule has 0 saturated heterocycles. The lowest BCUT2D eigenvalue weighted by Crippen LogP contribution is -2.57. The zero-order valence-electron chi connectivity index (χ0n) is 29.6.